The quantitative estimate of drug-likeness (QED) is 0.549. The van der Waals surface area contributed by atoms with Crippen LogP contribution in [0.3, 0.4) is 0 Å². The van der Waals surface area contributed by atoms with Gasteiger partial charge < -0.3 is 0 Å². The first kappa shape index (κ1) is 11.5. The van der Waals surface area contributed by atoms with E-state index in [1.54, 1.807) is 22.0 Å². The molecule has 0 aromatic rings. The molecule has 0 atom stereocenters. The zero-order chi connectivity index (χ0) is 7.98. The summed E-state index contributed by atoms with van der Waals surface area (Å²) in [5.41, 5.74) is 0. The number of hydrogen-bond donors (Lipinski definition) is 0. The topological polar surface area (TPSA) is 0 Å². The average Bonchev–Trinajstić information content (AvgIpc) is 1.79. The van der Waals surface area contributed by atoms with Crippen LogP contribution in [-0.4, -0.2) is 4.84 Å². The fourth-order valence-corrected chi connectivity index (χ4v) is 1.94. The van der Waals surface area contributed by atoms with Crippen LogP contribution < -0.4 is 0 Å². The van der Waals surface area contributed by atoms with Gasteiger partial charge in [0.2, 0.25) is 0 Å². The van der Waals surface area contributed by atoms with Gasteiger partial charge in [-0.15, -0.1) is 0 Å². The summed E-state index contributed by atoms with van der Waals surface area (Å²) in [6.45, 7) is 0. The zero-order valence-corrected chi connectivity index (χ0v) is 10.4. The molecule has 0 nitrogen and oxygen atoms in total. The van der Waals surface area contributed by atoms with Crippen molar-refractivity contribution in [1.82, 2.24) is 0 Å². The Bertz CT molecular complexity index is 114. The fourth-order valence-electron chi connectivity index (χ4n) is 0.276. The molecule has 0 spiro atoms. The second kappa shape index (κ2) is 7.19. The van der Waals surface area contributed by atoms with Gasteiger partial charge in [0.15, 0.2) is 0 Å². The van der Waals surface area contributed by atoms with Crippen LogP contribution in [0.15, 0.2) is 22.0 Å². The van der Waals surface area contributed by atoms with Gasteiger partial charge in [0, 0.05) is 0 Å². The van der Waals surface area contributed by atoms with Crippen molar-refractivity contribution in [2.24, 2.45) is 0 Å². The van der Waals surface area contributed by atoms with Crippen molar-refractivity contribution in [2.45, 2.75) is 4.84 Å². The Kier molecular flexibility index (Phi) is 8.28. The standard InChI is InChI=1S/C5H5Cl2.2ClH.Zr/c1-2-3-4-5(6)7;;;/h1-5H;2*1H;/q;;;+2/p-2. The second-order valence-electron chi connectivity index (χ2n) is 1.37. The van der Waals surface area contributed by atoms with E-state index >= 15 is 0 Å². The molecule has 0 aliphatic carbocycles. The molecule has 0 rings (SSSR count). The van der Waals surface area contributed by atoms with E-state index in [4.69, 9.17) is 40.2 Å². The van der Waals surface area contributed by atoms with E-state index in [1.165, 1.54) is 0 Å². The molecule has 0 amide bonds. The molecule has 10 heavy (non-hydrogen) atoms. The molecule has 0 saturated carbocycles. The molecule has 57 valence electrons. The molecule has 0 aliphatic rings. The SMILES string of the molecule is ClC(Cl)C=CC=[CH][Zr]([Cl])[Cl]. The van der Waals surface area contributed by atoms with Crippen LogP contribution >= 0.6 is 40.2 Å². The summed E-state index contributed by atoms with van der Waals surface area (Å²) in [5.74, 6) is 0. The predicted molar refractivity (Wildman–Crippen MR) is 45.5 cm³/mol. The monoisotopic (exact) mass is 295 g/mol. The summed E-state index contributed by atoms with van der Waals surface area (Å²) in [7, 11) is 11.1. The summed E-state index contributed by atoms with van der Waals surface area (Å²) in [4.78, 5) is -0.456. The summed E-state index contributed by atoms with van der Waals surface area (Å²) < 4.78 is 1.80. The van der Waals surface area contributed by atoms with Gasteiger partial charge in [0.25, 0.3) is 0 Å². The first-order valence-electron chi connectivity index (χ1n) is 2.44. The predicted octanol–water partition coefficient (Wildman–Crippen LogP) is 3.79. The minimum atomic E-state index is -2.08. The summed E-state index contributed by atoms with van der Waals surface area (Å²) in [5, 5.41) is 0. The van der Waals surface area contributed by atoms with Crippen LogP contribution in [0.5, 0.6) is 0 Å². The van der Waals surface area contributed by atoms with Crippen molar-refractivity contribution in [2.75, 3.05) is 0 Å². The number of halogens is 4. The Morgan fingerprint density at radius 1 is 1.10 bits per heavy atom. The molecule has 0 heterocycles. The maximum atomic E-state index is 5.57. The van der Waals surface area contributed by atoms with Crippen LogP contribution in [0.2, 0.25) is 0 Å². The molecule has 0 aromatic heterocycles. The number of allylic oxidation sites excluding steroid dienone is 3. The maximum absolute atomic E-state index is 5.57. The molecular formula is C5H5Cl4Zr. The number of rotatable bonds is 3. The van der Waals surface area contributed by atoms with Crippen molar-refractivity contribution in [3.8, 4) is 0 Å². The third-order valence-electron chi connectivity index (χ3n) is 0.590. The normalized spacial score (nSPS) is 12.1. The first-order valence-corrected chi connectivity index (χ1v) is 11.1. The van der Waals surface area contributed by atoms with Crippen LogP contribution in [0.4, 0.5) is 0 Å². The molecule has 0 N–H and O–H groups in total. The van der Waals surface area contributed by atoms with E-state index in [0.717, 1.165) is 0 Å². The zero-order valence-electron chi connectivity index (χ0n) is 4.90. The molecule has 0 aliphatic heterocycles. The minimum absolute atomic E-state index is 0.456. The van der Waals surface area contributed by atoms with Crippen LogP contribution in [0, 0.1) is 0 Å². The number of alkyl halides is 2. The van der Waals surface area contributed by atoms with Crippen molar-refractivity contribution < 1.29 is 19.4 Å². The van der Waals surface area contributed by atoms with Gasteiger partial charge in [0.1, 0.15) is 0 Å². The van der Waals surface area contributed by atoms with Crippen molar-refractivity contribution in [3.05, 3.63) is 22.0 Å². The third kappa shape index (κ3) is 9.52. The van der Waals surface area contributed by atoms with Gasteiger partial charge in [-0.05, 0) is 0 Å². The summed E-state index contributed by atoms with van der Waals surface area (Å²) in [6, 6.07) is 0. The molecule has 0 saturated heterocycles. The van der Waals surface area contributed by atoms with Crippen molar-refractivity contribution in [3.63, 3.8) is 0 Å². The molecule has 0 unspecified atom stereocenters. The Hall–Kier alpha value is 1.52. The Labute approximate surface area is 85.6 Å². The molecular weight excluding hydrogens is 293 g/mol. The van der Waals surface area contributed by atoms with Gasteiger partial charge in [0.05, 0.1) is 0 Å². The van der Waals surface area contributed by atoms with Gasteiger partial charge in [-0.3, -0.25) is 0 Å². The second-order valence-corrected chi connectivity index (χ2v) is 10.7. The summed E-state index contributed by atoms with van der Waals surface area (Å²) >= 11 is 8.70. The van der Waals surface area contributed by atoms with E-state index in [-0.39, 0.29) is 0 Å². The summed E-state index contributed by atoms with van der Waals surface area (Å²) in [6.07, 6.45) is 5.14. The van der Waals surface area contributed by atoms with E-state index < -0.39 is 24.2 Å². The van der Waals surface area contributed by atoms with E-state index in [9.17, 15) is 0 Å². The van der Waals surface area contributed by atoms with Gasteiger partial charge >= 0.3 is 86.4 Å². The fraction of sp³-hybridized carbons (Fsp3) is 0.200. The van der Waals surface area contributed by atoms with E-state index in [1.807, 2.05) is 0 Å². The van der Waals surface area contributed by atoms with Gasteiger partial charge in [-0.25, -0.2) is 0 Å². The van der Waals surface area contributed by atoms with Crippen LogP contribution in [-0.2, 0) is 19.4 Å². The molecule has 0 bridgehead atoms. The van der Waals surface area contributed by atoms with Crippen molar-refractivity contribution in [1.29, 1.82) is 0 Å². The average molecular weight is 298 g/mol. The van der Waals surface area contributed by atoms with E-state index in [2.05, 4.69) is 0 Å². The molecule has 0 aromatic carbocycles. The van der Waals surface area contributed by atoms with E-state index in [0.29, 0.717) is 0 Å². The Morgan fingerprint density at radius 3 is 2.10 bits per heavy atom. The van der Waals surface area contributed by atoms with Gasteiger partial charge in [-0.2, -0.15) is 0 Å². The van der Waals surface area contributed by atoms with Crippen LogP contribution in [0.1, 0.15) is 0 Å². The third-order valence-corrected chi connectivity index (χ3v) is 3.46. The van der Waals surface area contributed by atoms with Gasteiger partial charge in [-0.1, -0.05) is 0 Å². The molecule has 5 heteroatoms. The molecule has 0 radical (unpaired) electrons. The Morgan fingerprint density at radius 2 is 1.70 bits per heavy atom. The number of hydrogen-bond acceptors (Lipinski definition) is 0. The van der Waals surface area contributed by atoms with Crippen molar-refractivity contribution >= 4 is 40.2 Å². The Balaban J connectivity index is 3.52. The molecule has 0 fully saturated rings. The first-order chi connectivity index (χ1) is 4.63. The van der Waals surface area contributed by atoms with Crippen LogP contribution in [0.25, 0.3) is 0 Å².